The van der Waals surface area contributed by atoms with Gasteiger partial charge >= 0.3 is 0 Å². The lowest BCUT2D eigenvalue weighted by molar-refractivity contribution is -0.136. The van der Waals surface area contributed by atoms with Crippen LogP contribution in [0.2, 0.25) is 0 Å². The van der Waals surface area contributed by atoms with Crippen LogP contribution in [0.25, 0.3) is 0 Å². The first-order chi connectivity index (χ1) is 6.67. The standard InChI is InChI=1S/C11H20N2OS/c1-10(2)5-6-13(7-10)9(14)11(3,4)8(12)15/h5-7H2,1-4H3,(H2,12,15). The molecule has 1 amide bonds. The summed E-state index contributed by atoms with van der Waals surface area (Å²) in [5.74, 6) is 0.0561. The van der Waals surface area contributed by atoms with E-state index in [9.17, 15) is 4.79 Å². The Morgan fingerprint density at radius 3 is 2.33 bits per heavy atom. The molecular formula is C11H20N2OS. The molecule has 0 spiro atoms. The van der Waals surface area contributed by atoms with Crippen molar-refractivity contribution in [1.82, 2.24) is 4.90 Å². The third kappa shape index (κ3) is 2.48. The summed E-state index contributed by atoms with van der Waals surface area (Å²) in [6, 6.07) is 0. The van der Waals surface area contributed by atoms with Crippen molar-refractivity contribution in [3.63, 3.8) is 0 Å². The van der Waals surface area contributed by atoms with Crippen LogP contribution in [0.1, 0.15) is 34.1 Å². The zero-order valence-electron chi connectivity index (χ0n) is 9.96. The van der Waals surface area contributed by atoms with E-state index in [0.29, 0.717) is 0 Å². The van der Waals surface area contributed by atoms with Gasteiger partial charge in [-0.05, 0) is 25.7 Å². The lowest BCUT2D eigenvalue weighted by Crippen LogP contribution is -2.46. The van der Waals surface area contributed by atoms with E-state index in [4.69, 9.17) is 18.0 Å². The highest BCUT2D eigenvalue weighted by molar-refractivity contribution is 7.80. The van der Waals surface area contributed by atoms with Crippen molar-refractivity contribution in [1.29, 1.82) is 0 Å². The highest BCUT2D eigenvalue weighted by Crippen LogP contribution is 2.32. The molecule has 0 bridgehead atoms. The van der Waals surface area contributed by atoms with Gasteiger partial charge in [0.1, 0.15) is 0 Å². The van der Waals surface area contributed by atoms with Crippen LogP contribution >= 0.6 is 12.2 Å². The highest BCUT2D eigenvalue weighted by atomic mass is 32.1. The monoisotopic (exact) mass is 228 g/mol. The van der Waals surface area contributed by atoms with E-state index in [1.165, 1.54) is 0 Å². The Balaban J connectivity index is 2.75. The molecule has 0 radical (unpaired) electrons. The molecular weight excluding hydrogens is 208 g/mol. The second kappa shape index (κ2) is 3.74. The maximum absolute atomic E-state index is 12.2. The van der Waals surface area contributed by atoms with Crippen LogP contribution in [-0.2, 0) is 4.79 Å². The van der Waals surface area contributed by atoms with Crippen molar-refractivity contribution >= 4 is 23.1 Å². The van der Waals surface area contributed by atoms with Crippen LogP contribution in [0, 0.1) is 10.8 Å². The molecule has 2 N–H and O–H groups in total. The second-order valence-electron chi connectivity index (χ2n) is 5.63. The minimum atomic E-state index is -0.713. The predicted molar refractivity (Wildman–Crippen MR) is 65.5 cm³/mol. The number of carbonyl (C=O) groups is 1. The Hall–Kier alpha value is -0.640. The molecule has 1 heterocycles. The van der Waals surface area contributed by atoms with Crippen LogP contribution < -0.4 is 5.73 Å². The van der Waals surface area contributed by atoms with E-state index in [2.05, 4.69) is 13.8 Å². The highest BCUT2D eigenvalue weighted by Gasteiger charge is 2.40. The molecule has 15 heavy (non-hydrogen) atoms. The Morgan fingerprint density at radius 2 is 2.00 bits per heavy atom. The summed E-state index contributed by atoms with van der Waals surface area (Å²) in [5.41, 5.74) is 5.10. The number of likely N-dealkylation sites (tertiary alicyclic amines) is 1. The quantitative estimate of drug-likeness (QED) is 0.730. The summed E-state index contributed by atoms with van der Waals surface area (Å²) >= 11 is 4.93. The molecule has 4 heteroatoms. The molecule has 0 aromatic heterocycles. The van der Waals surface area contributed by atoms with E-state index in [-0.39, 0.29) is 16.3 Å². The Labute approximate surface area is 97.0 Å². The normalized spacial score (nSPS) is 20.4. The summed E-state index contributed by atoms with van der Waals surface area (Å²) < 4.78 is 0. The van der Waals surface area contributed by atoms with E-state index in [1.54, 1.807) is 13.8 Å². The Morgan fingerprint density at radius 1 is 1.47 bits per heavy atom. The minimum Gasteiger partial charge on any atom is -0.392 e. The smallest absolute Gasteiger partial charge is 0.235 e. The van der Waals surface area contributed by atoms with Gasteiger partial charge < -0.3 is 10.6 Å². The Bertz CT molecular complexity index is 297. The van der Waals surface area contributed by atoms with Crippen LogP contribution in [0.3, 0.4) is 0 Å². The third-order valence-electron chi connectivity index (χ3n) is 3.12. The maximum Gasteiger partial charge on any atom is 0.235 e. The van der Waals surface area contributed by atoms with E-state index in [1.807, 2.05) is 4.90 Å². The molecule has 1 rings (SSSR count). The van der Waals surface area contributed by atoms with Gasteiger partial charge in [-0.1, -0.05) is 26.1 Å². The van der Waals surface area contributed by atoms with Crippen molar-refractivity contribution < 1.29 is 4.79 Å². The predicted octanol–water partition coefficient (Wildman–Crippen LogP) is 1.56. The van der Waals surface area contributed by atoms with Crippen LogP contribution in [0.5, 0.6) is 0 Å². The van der Waals surface area contributed by atoms with Crippen molar-refractivity contribution in [2.24, 2.45) is 16.6 Å². The zero-order valence-corrected chi connectivity index (χ0v) is 10.8. The molecule has 0 aromatic carbocycles. The molecule has 1 saturated heterocycles. The summed E-state index contributed by atoms with van der Waals surface area (Å²) in [6.07, 6.45) is 1.05. The van der Waals surface area contributed by atoms with Gasteiger partial charge in [0.2, 0.25) is 5.91 Å². The van der Waals surface area contributed by atoms with E-state index < -0.39 is 5.41 Å². The number of thiocarbonyl (C=S) groups is 1. The van der Waals surface area contributed by atoms with Gasteiger partial charge in [-0.3, -0.25) is 4.79 Å². The number of amides is 1. The Kier molecular flexibility index (Phi) is 3.10. The van der Waals surface area contributed by atoms with Crippen LogP contribution in [0.4, 0.5) is 0 Å². The molecule has 0 aromatic rings. The molecule has 0 unspecified atom stereocenters. The fourth-order valence-electron chi connectivity index (χ4n) is 1.79. The summed E-state index contributed by atoms with van der Waals surface area (Å²) in [7, 11) is 0. The number of nitrogens with two attached hydrogens (primary N) is 1. The molecule has 0 aliphatic carbocycles. The second-order valence-corrected chi connectivity index (χ2v) is 6.07. The van der Waals surface area contributed by atoms with E-state index >= 15 is 0 Å². The lowest BCUT2D eigenvalue weighted by atomic mass is 9.91. The third-order valence-corrected chi connectivity index (χ3v) is 3.63. The largest absolute Gasteiger partial charge is 0.392 e. The van der Waals surface area contributed by atoms with Gasteiger partial charge in [0.05, 0.1) is 10.4 Å². The van der Waals surface area contributed by atoms with Gasteiger partial charge in [0, 0.05) is 13.1 Å². The number of hydrogen-bond acceptors (Lipinski definition) is 2. The number of rotatable bonds is 2. The lowest BCUT2D eigenvalue weighted by Gasteiger charge is -2.29. The molecule has 86 valence electrons. The van der Waals surface area contributed by atoms with Crippen molar-refractivity contribution in [2.75, 3.05) is 13.1 Å². The first-order valence-corrected chi connectivity index (χ1v) is 5.67. The van der Waals surface area contributed by atoms with Gasteiger partial charge in [0.25, 0.3) is 0 Å². The molecule has 0 saturated carbocycles. The first-order valence-electron chi connectivity index (χ1n) is 5.26. The number of hydrogen-bond donors (Lipinski definition) is 1. The molecule has 1 aliphatic rings. The zero-order chi connectivity index (χ0) is 11.9. The molecule has 3 nitrogen and oxygen atoms in total. The summed E-state index contributed by atoms with van der Waals surface area (Å²) in [5, 5.41) is 0. The maximum atomic E-state index is 12.2. The summed E-state index contributed by atoms with van der Waals surface area (Å²) in [4.78, 5) is 14.3. The van der Waals surface area contributed by atoms with E-state index in [0.717, 1.165) is 19.5 Å². The van der Waals surface area contributed by atoms with Crippen molar-refractivity contribution in [2.45, 2.75) is 34.1 Å². The number of carbonyl (C=O) groups excluding carboxylic acids is 1. The average molecular weight is 228 g/mol. The molecule has 0 atom stereocenters. The first kappa shape index (κ1) is 12.4. The van der Waals surface area contributed by atoms with Gasteiger partial charge in [0.15, 0.2) is 0 Å². The fraction of sp³-hybridized carbons (Fsp3) is 0.818. The fourth-order valence-corrected chi connectivity index (χ4v) is 1.87. The topological polar surface area (TPSA) is 46.3 Å². The summed E-state index contributed by atoms with van der Waals surface area (Å²) in [6.45, 7) is 9.56. The van der Waals surface area contributed by atoms with Gasteiger partial charge in [-0.15, -0.1) is 0 Å². The molecule has 1 aliphatic heterocycles. The van der Waals surface area contributed by atoms with Crippen molar-refractivity contribution in [3.8, 4) is 0 Å². The van der Waals surface area contributed by atoms with Crippen molar-refractivity contribution in [3.05, 3.63) is 0 Å². The molecule has 1 fully saturated rings. The van der Waals surface area contributed by atoms with Gasteiger partial charge in [-0.25, -0.2) is 0 Å². The average Bonchev–Trinajstić information content (AvgIpc) is 2.44. The minimum absolute atomic E-state index is 0.0561. The van der Waals surface area contributed by atoms with Crippen LogP contribution in [0.15, 0.2) is 0 Å². The SMILES string of the molecule is CC1(C)CCN(C(=O)C(C)(C)C(N)=S)C1. The van der Waals surface area contributed by atoms with Gasteiger partial charge in [-0.2, -0.15) is 0 Å². The van der Waals surface area contributed by atoms with Crippen LogP contribution in [-0.4, -0.2) is 28.9 Å². The number of nitrogens with zero attached hydrogens (tertiary/aromatic N) is 1.